The molecule has 156 valence electrons. The van der Waals surface area contributed by atoms with Crippen LogP contribution in [0.25, 0.3) is 0 Å². The van der Waals surface area contributed by atoms with Crippen molar-refractivity contribution in [1.29, 1.82) is 0 Å². The molecule has 2 rings (SSSR count). The van der Waals surface area contributed by atoms with Crippen molar-refractivity contribution in [3.8, 4) is 0 Å². The highest BCUT2D eigenvalue weighted by molar-refractivity contribution is 7.89. The summed E-state index contributed by atoms with van der Waals surface area (Å²) in [5.74, 6) is -1.24. The number of nitrogens with two attached hydrogens (primary N) is 1. The smallest absolute Gasteiger partial charge is 0.338 e. The summed E-state index contributed by atoms with van der Waals surface area (Å²) in [6.45, 7) is 5.40. The normalized spacial score (nSPS) is 11.3. The van der Waals surface area contributed by atoms with E-state index < -0.39 is 28.5 Å². The zero-order chi connectivity index (χ0) is 21.6. The summed E-state index contributed by atoms with van der Waals surface area (Å²) in [4.78, 5) is 24.2. The lowest BCUT2D eigenvalue weighted by molar-refractivity contribution is -0.119. The molecule has 0 heterocycles. The molecule has 0 atom stereocenters. The van der Waals surface area contributed by atoms with E-state index in [1.165, 1.54) is 22.5 Å². The zero-order valence-corrected chi connectivity index (χ0v) is 17.5. The molecular weight excluding hydrogens is 394 g/mol. The summed E-state index contributed by atoms with van der Waals surface area (Å²) in [7, 11) is -3.67. The average molecular weight is 420 g/mol. The van der Waals surface area contributed by atoms with Gasteiger partial charge in [-0.3, -0.25) is 4.79 Å². The van der Waals surface area contributed by atoms with Gasteiger partial charge in [0.2, 0.25) is 10.0 Å². The van der Waals surface area contributed by atoms with E-state index in [1.54, 1.807) is 45.0 Å². The quantitative estimate of drug-likeness (QED) is 0.501. The summed E-state index contributed by atoms with van der Waals surface area (Å²) in [5.41, 5.74) is 7.22. The van der Waals surface area contributed by atoms with Gasteiger partial charge in [-0.25, -0.2) is 13.2 Å². The Bertz CT molecular complexity index is 984. The second-order valence-corrected chi connectivity index (χ2v) is 8.22. The highest BCUT2D eigenvalue weighted by Gasteiger charge is 2.24. The Morgan fingerprint density at radius 3 is 2.28 bits per heavy atom. The Morgan fingerprint density at radius 2 is 1.69 bits per heavy atom. The van der Waals surface area contributed by atoms with Crippen LogP contribution in [0.4, 0.5) is 11.4 Å². The molecule has 0 bridgehead atoms. The van der Waals surface area contributed by atoms with Crippen molar-refractivity contribution in [3.05, 3.63) is 53.6 Å². The molecule has 0 aromatic heterocycles. The molecule has 3 N–H and O–H groups in total. The van der Waals surface area contributed by atoms with E-state index in [1.807, 2.05) is 0 Å². The van der Waals surface area contributed by atoms with Gasteiger partial charge in [-0.05, 0) is 48.9 Å². The largest absolute Gasteiger partial charge is 0.452 e. The lowest BCUT2D eigenvalue weighted by atomic mass is 10.2. The first-order valence-corrected chi connectivity index (χ1v) is 10.6. The minimum Gasteiger partial charge on any atom is -0.452 e. The van der Waals surface area contributed by atoms with Crippen LogP contribution in [0.1, 0.15) is 29.8 Å². The van der Waals surface area contributed by atoms with Crippen molar-refractivity contribution in [2.24, 2.45) is 0 Å². The molecule has 0 aliphatic rings. The third kappa shape index (κ3) is 5.55. The number of nitrogens with zero attached hydrogens (tertiary/aromatic N) is 1. The maximum atomic E-state index is 12.8. The Kier molecular flexibility index (Phi) is 7.35. The van der Waals surface area contributed by atoms with Crippen molar-refractivity contribution in [1.82, 2.24) is 4.31 Å². The van der Waals surface area contributed by atoms with Crippen molar-refractivity contribution in [3.63, 3.8) is 0 Å². The van der Waals surface area contributed by atoms with Crippen LogP contribution < -0.4 is 11.1 Å². The van der Waals surface area contributed by atoms with E-state index in [9.17, 15) is 18.0 Å². The standard InChI is InChI=1S/C20H25N3O5S/c1-4-23(5-2)29(26,27)18-12-17(11-6-14(18)3)22-19(24)13-28-20(25)15-7-9-16(21)10-8-15/h6-12H,4-5,13,21H2,1-3H3,(H,22,24). The summed E-state index contributed by atoms with van der Waals surface area (Å²) < 4.78 is 31.9. The van der Waals surface area contributed by atoms with E-state index in [-0.39, 0.29) is 10.5 Å². The molecule has 2 aromatic carbocycles. The second-order valence-electron chi connectivity index (χ2n) is 6.32. The molecule has 8 nitrogen and oxygen atoms in total. The summed E-state index contributed by atoms with van der Waals surface area (Å²) >= 11 is 0. The lowest BCUT2D eigenvalue weighted by Gasteiger charge is -2.20. The summed E-state index contributed by atoms with van der Waals surface area (Å²) in [6.07, 6.45) is 0. The van der Waals surface area contributed by atoms with Gasteiger partial charge in [0, 0.05) is 24.5 Å². The number of carbonyl (C=O) groups excluding carboxylic acids is 2. The Labute approximate surface area is 170 Å². The van der Waals surface area contributed by atoms with E-state index in [2.05, 4.69) is 5.32 Å². The number of nitrogen functional groups attached to an aromatic ring is 1. The number of nitrogens with one attached hydrogen (secondary N) is 1. The molecule has 0 spiro atoms. The first-order chi connectivity index (χ1) is 13.7. The molecule has 0 saturated heterocycles. The number of hydrogen-bond acceptors (Lipinski definition) is 6. The fourth-order valence-corrected chi connectivity index (χ4v) is 4.40. The SMILES string of the molecule is CCN(CC)S(=O)(=O)c1cc(NC(=O)COC(=O)c2ccc(N)cc2)ccc1C. The first kappa shape index (κ1) is 22.4. The van der Waals surface area contributed by atoms with Crippen LogP contribution in [0.5, 0.6) is 0 Å². The molecule has 9 heteroatoms. The van der Waals surface area contributed by atoms with Crippen LogP contribution in [-0.2, 0) is 19.6 Å². The van der Waals surface area contributed by atoms with Crippen LogP contribution in [0.15, 0.2) is 47.4 Å². The van der Waals surface area contributed by atoms with Crippen LogP contribution >= 0.6 is 0 Å². The maximum absolute atomic E-state index is 12.8. The number of benzene rings is 2. The Morgan fingerprint density at radius 1 is 1.07 bits per heavy atom. The molecule has 2 aromatic rings. The number of anilines is 2. The number of carbonyl (C=O) groups is 2. The number of ether oxygens (including phenoxy) is 1. The Hall–Kier alpha value is -2.91. The van der Waals surface area contributed by atoms with Gasteiger partial charge in [0.1, 0.15) is 0 Å². The number of rotatable bonds is 8. The van der Waals surface area contributed by atoms with Gasteiger partial charge in [-0.15, -0.1) is 0 Å². The van der Waals surface area contributed by atoms with Crippen molar-refractivity contribution < 1.29 is 22.7 Å². The summed E-state index contributed by atoms with van der Waals surface area (Å²) in [6, 6.07) is 10.7. The van der Waals surface area contributed by atoms with Crippen LogP contribution in [0.3, 0.4) is 0 Å². The third-order valence-electron chi connectivity index (χ3n) is 4.28. The van der Waals surface area contributed by atoms with Gasteiger partial charge in [0.05, 0.1) is 10.5 Å². The number of sulfonamides is 1. The van der Waals surface area contributed by atoms with Gasteiger partial charge in [-0.1, -0.05) is 19.9 Å². The highest BCUT2D eigenvalue weighted by atomic mass is 32.2. The predicted molar refractivity (Wildman–Crippen MR) is 111 cm³/mol. The topological polar surface area (TPSA) is 119 Å². The maximum Gasteiger partial charge on any atom is 0.338 e. The molecule has 0 radical (unpaired) electrons. The molecule has 0 aliphatic heterocycles. The van der Waals surface area contributed by atoms with Crippen molar-refractivity contribution >= 4 is 33.3 Å². The van der Waals surface area contributed by atoms with Crippen molar-refractivity contribution in [2.75, 3.05) is 30.7 Å². The zero-order valence-electron chi connectivity index (χ0n) is 16.6. The van der Waals surface area contributed by atoms with Crippen LogP contribution in [0, 0.1) is 6.92 Å². The first-order valence-electron chi connectivity index (χ1n) is 9.12. The lowest BCUT2D eigenvalue weighted by Crippen LogP contribution is -2.31. The van der Waals surface area contributed by atoms with Gasteiger partial charge in [0.15, 0.2) is 6.61 Å². The molecular formula is C20H25N3O5S. The molecule has 0 unspecified atom stereocenters. The van der Waals surface area contributed by atoms with Gasteiger partial charge in [-0.2, -0.15) is 4.31 Å². The molecule has 1 amide bonds. The van der Waals surface area contributed by atoms with Gasteiger partial charge >= 0.3 is 5.97 Å². The van der Waals surface area contributed by atoms with E-state index >= 15 is 0 Å². The molecule has 0 fully saturated rings. The number of amides is 1. The van der Waals surface area contributed by atoms with E-state index in [0.29, 0.717) is 30.0 Å². The second kappa shape index (κ2) is 9.53. The molecule has 0 aliphatic carbocycles. The average Bonchev–Trinajstić information content (AvgIpc) is 2.68. The van der Waals surface area contributed by atoms with Gasteiger partial charge in [0.25, 0.3) is 5.91 Å². The van der Waals surface area contributed by atoms with Gasteiger partial charge < -0.3 is 15.8 Å². The minimum absolute atomic E-state index is 0.123. The number of aryl methyl sites for hydroxylation is 1. The summed E-state index contributed by atoms with van der Waals surface area (Å²) in [5, 5.41) is 2.55. The predicted octanol–water partition coefficient (Wildman–Crippen LogP) is 2.40. The molecule has 29 heavy (non-hydrogen) atoms. The van der Waals surface area contributed by atoms with E-state index in [0.717, 1.165) is 0 Å². The number of esters is 1. The molecule has 0 saturated carbocycles. The fourth-order valence-electron chi connectivity index (χ4n) is 2.69. The van der Waals surface area contributed by atoms with E-state index in [4.69, 9.17) is 10.5 Å². The minimum atomic E-state index is -3.67. The number of hydrogen-bond donors (Lipinski definition) is 2. The fraction of sp³-hybridized carbons (Fsp3) is 0.300. The third-order valence-corrected chi connectivity index (χ3v) is 6.47. The monoisotopic (exact) mass is 419 g/mol. The van der Waals surface area contributed by atoms with Crippen LogP contribution in [0.2, 0.25) is 0 Å². The highest BCUT2D eigenvalue weighted by Crippen LogP contribution is 2.23. The van der Waals surface area contributed by atoms with Crippen LogP contribution in [-0.4, -0.2) is 44.3 Å². The Balaban J connectivity index is 2.07. The van der Waals surface area contributed by atoms with Crippen molar-refractivity contribution in [2.45, 2.75) is 25.7 Å².